The number of rotatable bonds is 10. The molecule has 1 aromatic rings. The number of hydrogen-bond acceptors (Lipinski definition) is 0. The van der Waals surface area contributed by atoms with E-state index in [9.17, 15) is 0 Å². The zero-order valence-corrected chi connectivity index (χ0v) is 12.5. The van der Waals surface area contributed by atoms with Crippen LogP contribution in [0.25, 0.3) is 0 Å². The lowest BCUT2D eigenvalue weighted by molar-refractivity contribution is 0.565. The summed E-state index contributed by atoms with van der Waals surface area (Å²) in [5.74, 6) is 0. The van der Waals surface area contributed by atoms with Crippen LogP contribution in [0.5, 0.6) is 0 Å². The van der Waals surface area contributed by atoms with E-state index in [4.69, 9.17) is 11.6 Å². The fourth-order valence-corrected chi connectivity index (χ4v) is 2.56. The third-order valence-corrected chi connectivity index (χ3v) is 3.88. The highest BCUT2D eigenvalue weighted by molar-refractivity contribution is 6.31. The van der Waals surface area contributed by atoms with Crippen molar-refractivity contribution in [1.82, 2.24) is 0 Å². The highest BCUT2D eigenvalue weighted by Crippen LogP contribution is 2.18. The largest absolute Gasteiger partial charge is 0.0840 e. The molecule has 102 valence electrons. The highest BCUT2D eigenvalue weighted by Gasteiger charge is 1.98. The number of aryl methyl sites for hydroxylation is 1. The second-order valence-electron chi connectivity index (χ2n) is 5.17. The molecule has 0 aliphatic heterocycles. The Hall–Kier alpha value is -0.490. The van der Waals surface area contributed by atoms with E-state index in [1.807, 2.05) is 12.1 Å². The van der Waals surface area contributed by atoms with Gasteiger partial charge in [-0.25, -0.2) is 0 Å². The molecule has 0 aliphatic rings. The van der Waals surface area contributed by atoms with E-state index >= 15 is 0 Å². The Morgan fingerprint density at radius 3 is 1.94 bits per heavy atom. The standard InChI is InChI=1S/C17H27Cl/c1-2-3-4-5-6-7-8-9-10-13-16-14-11-12-15-17(16)18/h11-12,14-15H,2-10,13H2,1H3. The van der Waals surface area contributed by atoms with E-state index in [-0.39, 0.29) is 0 Å². The van der Waals surface area contributed by atoms with E-state index in [1.165, 1.54) is 63.4 Å². The molecule has 18 heavy (non-hydrogen) atoms. The van der Waals surface area contributed by atoms with Crippen molar-refractivity contribution in [3.05, 3.63) is 34.9 Å². The van der Waals surface area contributed by atoms with Crippen LogP contribution in [-0.4, -0.2) is 0 Å². The Morgan fingerprint density at radius 1 is 0.778 bits per heavy atom. The van der Waals surface area contributed by atoms with Crippen LogP contribution < -0.4 is 0 Å². The second kappa shape index (κ2) is 10.4. The van der Waals surface area contributed by atoms with Crippen LogP contribution >= 0.6 is 11.6 Å². The van der Waals surface area contributed by atoms with Crippen LogP contribution in [0.1, 0.15) is 70.3 Å². The molecule has 1 aromatic carbocycles. The van der Waals surface area contributed by atoms with Crippen LogP contribution in [0.15, 0.2) is 24.3 Å². The maximum Gasteiger partial charge on any atom is 0.0437 e. The molecule has 0 saturated carbocycles. The predicted octanol–water partition coefficient (Wildman–Crippen LogP) is 6.41. The van der Waals surface area contributed by atoms with Gasteiger partial charge < -0.3 is 0 Å². The topological polar surface area (TPSA) is 0 Å². The molecule has 1 rings (SSSR count). The average Bonchev–Trinajstić information content (AvgIpc) is 2.39. The molecule has 0 saturated heterocycles. The first-order valence-electron chi connectivity index (χ1n) is 7.58. The van der Waals surface area contributed by atoms with E-state index in [2.05, 4.69) is 19.1 Å². The first-order valence-corrected chi connectivity index (χ1v) is 7.95. The lowest BCUT2D eigenvalue weighted by Gasteiger charge is -2.04. The lowest BCUT2D eigenvalue weighted by atomic mass is 10.0. The molecule has 0 fully saturated rings. The summed E-state index contributed by atoms with van der Waals surface area (Å²) in [4.78, 5) is 0. The SMILES string of the molecule is CCCCCCCCCCCc1ccccc1Cl. The maximum atomic E-state index is 6.14. The van der Waals surface area contributed by atoms with Crippen LogP contribution in [0, 0.1) is 0 Å². The summed E-state index contributed by atoms with van der Waals surface area (Å²) >= 11 is 6.14. The summed E-state index contributed by atoms with van der Waals surface area (Å²) < 4.78 is 0. The third-order valence-electron chi connectivity index (χ3n) is 3.51. The Balaban J connectivity index is 1.94. The Labute approximate surface area is 118 Å². The third kappa shape index (κ3) is 7.06. The summed E-state index contributed by atoms with van der Waals surface area (Å²) in [6.07, 6.45) is 13.6. The zero-order valence-electron chi connectivity index (χ0n) is 11.8. The van der Waals surface area contributed by atoms with E-state index < -0.39 is 0 Å². The molecule has 1 heteroatoms. The number of halogens is 1. The van der Waals surface area contributed by atoms with Gasteiger partial charge in [0.2, 0.25) is 0 Å². The molecule has 0 nitrogen and oxygen atoms in total. The Morgan fingerprint density at radius 2 is 1.33 bits per heavy atom. The quantitative estimate of drug-likeness (QED) is 0.429. The van der Waals surface area contributed by atoms with Crippen molar-refractivity contribution in [2.75, 3.05) is 0 Å². The summed E-state index contributed by atoms with van der Waals surface area (Å²) in [6, 6.07) is 8.22. The zero-order chi connectivity index (χ0) is 13.1. The molecular formula is C17H27Cl. The fourth-order valence-electron chi connectivity index (χ4n) is 2.33. The summed E-state index contributed by atoms with van der Waals surface area (Å²) in [5.41, 5.74) is 1.31. The van der Waals surface area contributed by atoms with Gasteiger partial charge in [-0.1, -0.05) is 88.1 Å². The van der Waals surface area contributed by atoms with Gasteiger partial charge in [0, 0.05) is 5.02 Å². The van der Waals surface area contributed by atoms with E-state index in [0.717, 1.165) is 11.4 Å². The Kier molecular flexibility index (Phi) is 9.02. The lowest BCUT2D eigenvalue weighted by Crippen LogP contribution is -1.87. The van der Waals surface area contributed by atoms with Crippen molar-refractivity contribution in [2.45, 2.75) is 71.1 Å². The molecule has 0 aliphatic carbocycles. The first kappa shape index (κ1) is 15.6. The number of hydrogen-bond donors (Lipinski definition) is 0. The van der Waals surface area contributed by atoms with Gasteiger partial charge in [0.25, 0.3) is 0 Å². The van der Waals surface area contributed by atoms with Gasteiger partial charge in [0.1, 0.15) is 0 Å². The van der Waals surface area contributed by atoms with Gasteiger partial charge >= 0.3 is 0 Å². The van der Waals surface area contributed by atoms with E-state index in [0.29, 0.717) is 0 Å². The minimum absolute atomic E-state index is 0.928. The highest BCUT2D eigenvalue weighted by atomic mass is 35.5. The van der Waals surface area contributed by atoms with Crippen molar-refractivity contribution in [2.24, 2.45) is 0 Å². The van der Waals surface area contributed by atoms with Crippen LogP contribution in [0.4, 0.5) is 0 Å². The van der Waals surface area contributed by atoms with Gasteiger partial charge in [-0.2, -0.15) is 0 Å². The van der Waals surface area contributed by atoms with Gasteiger partial charge in [-0.05, 0) is 24.5 Å². The molecule has 0 N–H and O–H groups in total. The Bertz CT molecular complexity index is 306. The minimum Gasteiger partial charge on any atom is -0.0840 e. The molecule has 0 bridgehead atoms. The van der Waals surface area contributed by atoms with Gasteiger partial charge in [-0.15, -0.1) is 0 Å². The minimum atomic E-state index is 0.928. The molecule has 0 amide bonds. The van der Waals surface area contributed by atoms with Crippen LogP contribution in [0.2, 0.25) is 5.02 Å². The molecule has 0 unspecified atom stereocenters. The molecule has 0 spiro atoms. The molecular weight excluding hydrogens is 240 g/mol. The summed E-state index contributed by atoms with van der Waals surface area (Å²) in [6.45, 7) is 2.27. The van der Waals surface area contributed by atoms with Gasteiger partial charge in [0.15, 0.2) is 0 Å². The number of benzene rings is 1. The fraction of sp³-hybridized carbons (Fsp3) is 0.647. The van der Waals surface area contributed by atoms with Crippen molar-refractivity contribution in [3.8, 4) is 0 Å². The second-order valence-corrected chi connectivity index (χ2v) is 5.58. The number of unbranched alkanes of at least 4 members (excludes halogenated alkanes) is 8. The van der Waals surface area contributed by atoms with Gasteiger partial charge in [0.05, 0.1) is 0 Å². The summed E-state index contributed by atoms with van der Waals surface area (Å²) in [7, 11) is 0. The smallest absolute Gasteiger partial charge is 0.0437 e. The van der Waals surface area contributed by atoms with E-state index in [1.54, 1.807) is 0 Å². The van der Waals surface area contributed by atoms with Crippen molar-refractivity contribution >= 4 is 11.6 Å². The predicted molar refractivity (Wildman–Crippen MR) is 82.4 cm³/mol. The van der Waals surface area contributed by atoms with Crippen LogP contribution in [-0.2, 0) is 6.42 Å². The molecule has 0 aromatic heterocycles. The average molecular weight is 267 g/mol. The van der Waals surface area contributed by atoms with Crippen LogP contribution in [0.3, 0.4) is 0 Å². The van der Waals surface area contributed by atoms with Crippen molar-refractivity contribution < 1.29 is 0 Å². The van der Waals surface area contributed by atoms with Crippen molar-refractivity contribution in [1.29, 1.82) is 0 Å². The molecule has 0 radical (unpaired) electrons. The normalized spacial score (nSPS) is 10.8. The molecule has 0 atom stereocenters. The monoisotopic (exact) mass is 266 g/mol. The molecule has 0 heterocycles. The first-order chi connectivity index (χ1) is 8.84. The summed E-state index contributed by atoms with van der Waals surface area (Å²) in [5, 5.41) is 0.928. The van der Waals surface area contributed by atoms with Gasteiger partial charge in [-0.3, -0.25) is 0 Å². The van der Waals surface area contributed by atoms with Crippen molar-refractivity contribution in [3.63, 3.8) is 0 Å². The maximum absolute atomic E-state index is 6.14.